The molecule has 4 fully saturated rings. The van der Waals surface area contributed by atoms with Gasteiger partial charge in [0.15, 0.2) is 0 Å². The lowest BCUT2D eigenvalue weighted by Gasteiger charge is -2.61. The molecule has 5 aliphatic rings. The Balaban J connectivity index is 1.39. The number of hydrogen-bond acceptors (Lipinski definition) is 3. The molecule has 4 aliphatic carbocycles. The number of fused-ring (bicyclic) bond motifs is 5. The van der Waals surface area contributed by atoms with Gasteiger partial charge in [-0.1, -0.05) is 27.7 Å². The van der Waals surface area contributed by atoms with Crippen LogP contribution in [-0.4, -0.2) is 34.7 Å². The van der Waals surface area contributed by atoms with Crippen LogP contribution in [0.1, 0.15) is 91.9 Å². The summed E-state index contributed by atoms with van der Waals surface area (Å²) in [6.07, 6.45) is 11.7. The molecule has 30 heavy (non-hydrogen) atoms. The van der Waals surface area contributed by atoms with Crippen LogP contribution in [0.15, 0.2) is 4.99 Å². The normalized spacial score (nSPS) is 54.5. The van der Waals surface area contributed by atoms with E-state index in [-0.39, 0.29) is 17.6 Å². The molecule has 2 N–H and O–H groups in total. The van der Waals surface area contributed by atoms with E-state index in [1.807, 2.05) is 0 Å². The second kappa shape index (κ2) is 7.58. The Morgan fingerprint density at radius 2 is 1.70 bits per heavy atom. The van der Waals surface area contributed by atoms with Gasteiger partial charge in [-0.25, -0.2) is 0 Å². The first-order valence-corrected chi connectivity index (χ1v) is 13.1. The third kappa shape index (κ3) is 3.16. The topological polar surface area (TPSA) is 52.8 Å². The number of aliphatic imine (C=N–C) groups is 1. The maximum Gasteiger partial charge on any atom is 0.0582 e. The van der Waals surface area contributed by atoms with Crippen LogP contribution in [0.25, 0.3) is 0 Å². The molecule has 0 spiro atoms. The minimum atomic E-state index is -0.158. The van der Waals surface area contributed by atoms with Gasteiger partial charge in [-0.15, -0.1) is 0 Å². The Hall–Kier alpha value is -0.410. The molecule has 170 valence electrons. The van der Waals surface area contributed by atoms with E-state index in [0.717, 1.165) is 50.0 Å². The van der Waals surface area contributed by atoms with Gasteiger partial charge in [0.1, 0.15) is 0 Å². The molecule has 11 atom stereocenters. The molecular formula is C27H45NO2. The standard InChI is InChI=1S/C27H45NO2/c1-16-5-8-23(28-15-16)17(2)25-24(30)14-22-20-7-6-18-13-19(29)9-11-26(18,3)21(20)10-12-27(22,25)4/h16-22,24-25,29-30H,5-15H2,1-4H3/t16-,17?,18-,19-,20+,21-,22-,24+,25?,26-,27-/m0/s1. The Bertz CT molecular complexity index is 690. The summed E-state index contributed by atoms with van der Waals surface area (Å²) in [5.74, 6) is 4.50. The third-order valence-corrected chi connectivity index (χ3v) is 11.3. The summed E-state index contributed by atoms with van der Waals surface area (Å²) in [5, 5.41) is 21.6. The van der Waals surface area contributed by atoms with E-state index in [9.17, 15) is 10.2 Å². The lowest BCUT2D eigenvalue weighted by Crippen LogP contribution is -2.54. The number of nitrogens with zero attached hydrogens (tertiary/aromatic N) is 1. The maximum atomic E-state index is 11.4. The van der Waals surface area contributed by atoms with Crippen molar-refractivity contribution < 1.29 is 10.2 Å². The Kier molecular flexibility index (Phi) is 5.41. The van der Waals surface area contributed by atoms with Crippen molar-refractivity contribution in [3.63, 3.8) is 0 Å². The molecule has 0 saturated heterocycles. The van der Waals surface area contributed by atoms with Crippen molar-refractivity contribution in [1.82, 2.24) is 0 Å². The molecule has 3 nitrogen and oxygen atoms in total. The fraction of sp³-hybridized carbons (Fsp3) is 0.963. The lowest BCUT2D eigenvalue weighted by molar-refractivity contribution is -0.128. The molecule has 5 rings (SSSR count). The zero-order valence-electron chi connectivity index (χ0n) is 19.8. The molecular weight excluding hydrogens is 370 g/mol. The summed E-state index contributed by atoms with van der Waals surface area (Å²) < 4.78 is 0. The molecule has 0 aromatic rings. The van der Waals surface area contributed by atoms with Crippen LogP contribution in [0.5, 0.6) is 0 Å². The van der Waals surface area contributed by atoms with Crippen molar-refractivity contribution in [2.24, 2.45) is 57.2 Å². The smallest absolute Gasteiger partial charge is 0.0582 e. The summed E-state index contributed by atoms with van der Waals surface area (Å²) in [4.78, 5) is 4.99. The van der Waals surface area contributed by atoms with Crippen molar-refractivity contribution in [3.05, 3.63) is 0 Å². The molecule has 0 aromatic heterocycles. The van der Waals surface area contributed by atoms with Crippen molar-refractivity contribution >= 4 is 5.71 Å². The number of rotatable bonds is 2. The molecule has 0 amide bonds. The third-order valence-electron chi connectivity index (χ3n) is 11.3. The van der Waals surface area contributed by atoms with E-state index in [2.05, 4.69) is 27.7 Å². The Morgan fingerprint density at radius 3 is 2.43 bits per heavy atom. The van der Waals surface area contributed by atoms with E-state index in [1.165, 1.54) is 44.2 Å². The molecule has 0 aromatic carbocycles. The second-order valence-electron chi connectivity index (χ2n) is 12.7. The quantitative estimate of drug-likeness (QED) is 0.627. The highest BCUT2D eigenvalue weighted by molar-refractivity contribution is 5.87. The predicted octanol–water partition coefficient (Wildman–Crippen LogP) is 5.48. The summed E-state index contributed by atoms with van der Waals surface area (Å²) in [5.41, 5.74) is 2.09. The van der Waals surface area contributed by atoms with Gasteiger partial charge in [0, 0.05) is 12.3 Å². The van der Waals surface area contributed by atoms with Crippen LogP contribution >= 0.6 is 0 Å². The minimum Gasteiger partial charge on any atom is -0.393 e. The first-order chi connectivity index (χ1) is 14.2. The van der Waals surface area contributed by atoms with Crippen molar-refractivity contribution in [3.8, 4) is 0 Å². The second-order valence-corrected chi connectivity index (χ2v) is 12.7. The van der Waals surface area contributed by atoms with Gasteiger partial charge in [0.25, 0.3) is 0 Å². The SMILES string of the molecule is CC(C1=NC[C@@H](C)CC1)C1[C@H](O)C[C@H]2[C@@H]3CC[C@H]4C[C@@H](O)CC[C@]4(C)[C@H]3CC[C@]12C. The van der Waals surface area contributed by atoms with Gasteiger partial charge in [-0.3, -0.25) is 4.99 Å². The van der Waals surface area contributed by atoms with Crippen LogP contribution < -0.4 is 0 Å². The van der Waals surface area contributed by atoms with Crippen LogP contribution in [0.3, 0.4) is 0 Å². The van der Waals surface area contributed by atoms with Crippen LogP contribution in [0.4, 0.5) is 0 Å². The van der Waals surface area contributed by atoms with Crippen LogP contribution in [0, 0.1) is 52.3 Å². The minimum absolute atomic E-state index is 0.0639. The molecule has 1 aliphatic heterocycles. The zero-order chi connectivity index (χ0) is 21.3. The van der Waals surface area contributed by atoms with Gasteiger partial charge in [-0.2, -0.15) is 0 Å². The molecule has 2 unspecified atom stereocenters. The average molecular weight is 416 g/mol. The monoisotopic (exact) mass is 415 g/mol. The van der Waals surface area contributed by atoms with E-state index in [4.69, 9.17) is 4.99 Å². The van der Waals surface area contributed by atoms with Gasteiger partial charge >= 0.3 is 0 Å². The average Bonchev–Trinajstić information content (AvgIpc) is 2.98. The fourth-order valence-electron chi connectivity index (χ4n) is 9.61. The fourth-order valence-corrected chi connectivity index (χ4v) is 9.61. The Labute approximate surface area is 184 Å². The summed E-state index contributed by atoms with van der Waals surface area (Å²) in [7, 11) is 0. The summed E-state index contributed by atoms with van der Waals surface area (Å²) in [6.45, 7) is 10.8. The van der Waals surface area contributed by atoms with Crippen molar-refractivity contribution in [1.29, 1.82) is 0 Å². The molecule has 3 heteroatoms. The van der Waals surface area contributed by atoms with Crippen molar-refractivity contribution in [2.75, 3.05) is 6.54 Å². The molecule has 0 radical (unpaired) electrons. The van der Waals surface area contributed by atoms with Gasteiger partial charge in [-0.05, 0) is 116 Å². The molecule has 0 bridgehead atoms. The number of hydrogen-bond donors (Lipinski definition) is 2. The summed E-state index contributed by atoms with van der Waals surface area (Å²) in [6, 6.07) is 0. The van der Waals surface area contributed by atoms with Crippen LogP contribution in [0.2, 0.25) is 0 Å². The largest absolute Gasteiger partial charge is 0.393 e. The maximum absolute atomic E-state index is 11.4. The molecule has 4 saturated carbocycles. The van der Waals surface area contributed by atoms with Crippen molar-refractivity contribution in [2.45, 2.75) is 104 Å². The van der Waals surface area contributed by atoms with E-state index in [1.54, 1.807) is 0 Å². The van der Waals surface area contributed by atoms with Gasteiger partial charge in [0.05, 0.1) is 12.2 Å². The first kappa shape index (κ1) is 21.4. The number of aliphatic hydroxyl groups is 2. The highest BCUT2D eigenvalue weighted by Gasteiger charge is 2.63. The van der Waals surface area contributed by atoms with E-state index < -0.39 is 0 Å². The predicted molar refractivity (Wildman–Crippen MR) is 122 cm³/mol. The van der Waals surface area contributed by atoms with Gasteiger partial charge in [0.2, 0.25) is 0 Å². The lowest BCUT2D eigenvalue weighted by atomic mass is 9.44. The zero-order valence-corrected chi connectivity index (χ0v) is 19.8. The van der Waals surface area contributed by atoms with E-state index in [0.29, 0.717) is 29.1 Å². The van der Waals surface area contributed by atoms with Crippen LogP contribution in [-0.2, 0) is 0 Å². The highest BCUT2D eigenvalue weighted by Crippen LogP contribution is 2.68. The van der Waals surface area contributed by atoms with Gasteiger partial charge < -0.3 is 10.2 Å². The number of aliphatic hydroxyl groups excluding tert-OH is 2. The van der Waals surface area contributed by atoms with E-state index >= 15 is 0 Å². The molecule has 1 heterocycles. The summed E-state index contributed by atoms with van der Waals surface area (Å²) >= 11 is 0. The first-order valence-electron chi connectivity index (χ1n) is 13.1. The Morgan fingerprint density at radius 1 is 0.933 bits per heavy atom. The highest BCUT2D eigenvalue weighted by atomic mass is 16.3.